The van der Waals surface area contributed by atoms with Crippen LogP contribution in [0.2, 0.25) is 0 Å². The average molecular weight is 440 g/mol. The minimum Gasteiger partial charge on any atom is -0.452 e. The third-order valence-electron chi connectivity index (χ3n) is 7.09. The van der Waals surface area contributed by atoms with E-state index in [-0.39, 0.29) is 43.2 Å². The second-order valence-electron chi connectivity index (χ2n) is 9.79. The molecule has 170 valence electrons. The van der Waals surface area contributed by atoms with E-state index < -0.39 is 11.6 Å². The number of hydrogen-bond acceptors (Lipinski definition) is 5. The standard InChI is InChI=1S/C24H29N3O5/c1-15-11-16(2)13-25(12-15)21(29)14-32-23(31)24-10-9-20(28)27(24)19-6-4-3-5-18(19)22(30)26(24)17-7-8-17/h3-6,15-17H,7-14H2,1-2H3. The molecule has 3 fully saturated rings. The molecule has 0 bridgehead atoms. The molecular formula is C24H29N3O5. The van der Waals surface area contributed by atoms with Gasteiger partial charge in [-0.15, -0.1) is 0 Å². The van der Waals surface area contributed by atoms with Crippen LogP contribution in [0.15, 0.2) is 24.3 Å². The quantitative estimate of drug-likeness (QED) is 0.671. The SMILES string of the molecule is CC1CC(C)CN(C(=O)COC(=O)C23CCC(=O)N2c2ccccc2C(=O)N3C2CC2)C1. The predicted molar refractivity (Wildman–Crippen MR) is 116 cm³/mol. The maximum absolute atomic E-state index is 13.6. The number of hydrogen-bond donors (Lipinski definition) is 0. The van der Waals surface area contributed by atoms with Crippen LogP contribution in [0.3, 0.4) is 0 Å². The van der Waals surface area contributed by atoms with E-state index in [2.05, 4.69) is 13.8 Å². The summed E-state index contributed by atoms with van der Waals surface area (Å²) in [5.74, 6) is -0.585. The van der Waals surface area contributed by atoms with Crippen molar-refractivity contribution < 1.29 is 23.9 Å². The van der Waals surface area contributed by atoms with E-state index in [9.17, 15) is 19.2 Å². The number of carbonyl (C=O) groups is 4. The van der Waals surface area contributed by atoms with Crippen molar-refractivity contribution in [3.63, 3.8) is 0 Å². The number of likely N-dealkylation sites (tertiary alicyclic amines) is 1. The van der Waals surface area contributed by atoms with Crippen LogP contribution in [0, 0.1) is 11.8 Å². The van der Waals surface area contributed by atoms with Gasteiger partial charge in [0.15, 0.2) is 6.61 Å². The highest BCUT2D eigenvalue weighted by molar-refractivity contribution is 6.15. The highest BCUT2D eigenvalue weighted by Crippen LogP contribution is 2.49. The van der Waals surface area contributed by atoms with Gasteiger partial charge in [-0.25, -0.2) is 4.79 Å². The Morgan fingerprint density at radius 1 is 1.09 bits per heavy atom. The number of fused-ring (bicyclic) bond motifs is 3. The molecule has 2 saturated heterocycles. The van der Waals surface area contributed by atoms with Crippen LogP contribution < -0.4 is 4.90 Å². The van der Waals surface area contributed by atoms with Gasteiger partial charge < -0.3 is 14.5 Å². The summed E-state index contributed by atoms with van der Waals surface area (Å²) in [6, 6.07) is 6.80. The van der Waals surface area contributed by atoms with Crippen molar-refractivity contribution in [3.8, 4) is 0 Å². The molecule has 3 amide bonds. The van der Waals surface area contributed by atoms with E-state index in [0.29, 0.717) is 36.2 Å². The Labute approximate surface area is 187 Å². The van der Waals surface area contributed by atoms with Crippen LogP contribution >= 0.6 is 0 Å². The fourth-order valence-electron chi connectivity index (χ4n) is 5.71. The molecule has 1 aromatic rings. The number of anilines is 1. The van der Waals surface area contributed by atoms with Gasteiger partial charge in [0.2, 0.25) is 11.6 Å². The lowest BCUT2D eigenvalue weighted by Gasteiger charge is -2.48. The second-order valence-corrected chi connectivity index (χ2v) is 9.79. The number of piperidine rings is 1. The van der Waals surface area contributed by atoms with Crippen molar-refractivity contribution in [2.24, 2.45) is 11.8 Å². The summed E-state index contributed by atoms with van der Waals surface area (Å²) in [6.07, 6.45) is 2.96. The van der Waals surface area contributed by atoms with Gasteiger partial charge in [-0.1, -0.05) is 26.0 Å². The molecule has 3 atom stereocenters. The van der Waals surface area contributed by atoms with Crippen LogP contribution in [0.1, 0.15) is 56.3 Å². The Bertz CT molecular complexity index is 980. The first-order valence-electron chi connectivity index (χ1n) is 11.5. The Morgan fingerprint density at radius 2 is 1.78 bits per heavy atom. The van der Waals surface area contributed by atoms with E-state index in [4.69, 9.17) is 4.74 Å². The summed E-state index contributed by atoms with van der Waals surface area (Å²) in [6.45, 7) is 5.15. The lowest BCUT2D eigenvalue weighted by atomic mass is 9.92. The van der Waals surface area contributed by atoms with E-state index in [1.807, 2.05) is 0 Å². The average Bonchev–Trinajstić information content (AvgIpc) is 3.53. The molecule has 8 heteroatoms. The van der Waals surface area contributed by atoms with Crippen molar-refractivity contribution in [1.82, 2.24) is 9.80 Å². The third-order valence-corrected chi connectivity index (χ3v) is 7.09. The maximum Gasteiger partial charge on any atom is 0.354 e. The molecule has 1 aromatic carbocycles. The zero-order valence-electron chi connectivity index (χ0n) is 18.6. The van der Waals surface area contributed by atoms with Gasteiger partial charge in [0.1, 0.15) is 0 Å². The fraction of sp³-hybridized carbons (Fsp3) is 0.583. The molecule has 5 rings (SSSR count). The molecule has 1 aliphatic carbocycles. The van der Waals surface area contributed by atoms with Crippen molar-refractivity contribution in [3.05, 3.63) is 29.8 Å². The summed E-state index contributed by atoms with van der Waals surface area (Å²) < 4.78 is 5.57. The minimum atomic E-state index is -1.51. The summed E-state index contributed by atoms with van der Waals surface area (Å²) in [4.78, 5) is 57.5. The Morgan fingerprint density at radius 3 is 2.47 bits per heavy atom. The lowest BCUT2D eigenvalue weighted by Crippen LogP contribution is -2.69. The molecule has 3 heterocycles. The van der Waals surface area contributed by atoms with E-state index in [1.165, 1.54) is 4.90 Å². The number of esters is 1. The third kappa shape index (κ3) is 3.19. The van der Waals surface area contributed by atoms with Gasteiger partial charge in [-0.05, 0) is 43.2 Å². The number of amides is 3. The van der Waals surface area contributed by atoms with Gasteiger partial charge in [0.25, 0.3) is 11.8 Å². The Balaban J connectivity index is 1.43. The van der Waals surface area contributed by atoms with E-state index in [1.54, 1.807) is 34.1 Å². The monoisotopic (exact) mass is 439 g/mol. The van der Waals surface area contributed by atoms with Gasteiger partial charge in [-0.2, -0.15) is 0 Å². The minimum absolute atomic E-state index is 0.101. The molecule has 0 spiro atoms. The molecule has 32 heavy (non-hydrogen) atoms. The fourth-order valence-corrected chi connectivity index (χ4v) is 5.71. The molecule has 0 aromatic heterocycles. The number of ether oxygens (including phenoxy) is 1. The summed E-state index contributed by atoms with van der Waals surface area (Å²) in [7, 11) is 0. The van der Waals surface area contributed by atoms with Crippen molar-refractivity contribution >= 4 is 29.4 Å². The van der Waals surface area contributed by atoms with Crippen LogP contribution in [0.4, 0.5) is 5.69 Å². The predicted octanol–water partition coefficient (Wildman–Crippen LogP) is 2.18. The first-order valence-corrected chi connectivity index (χ1v) is 11.5. The number of benzene rings is 1. The highest BCUT2D eigenvalue weighted by atomic mass is 16.5. The van der Waals surface area contributed by atoms with Crippen LogP contribution in [-0.2, 0) is 19.1 Å². The van der Waals surface area contributed by atoms with Gasteiger partial charge in [0, 0.05) is 32.0 Å². The van der Waals surface area contributed by atoms with Gasteiger partial charge in [-0.3, -0.25) is 19.3 Å². The van der Waals surface area contributed by atoms with Crippen molar-refractivity contribution in [2.45, 2.75) is 57.7 Å². The number of rotatable bonds is 4. The lowest BCUT2D eigenvalue weighted by molar-refractivity contribution is -0.163. The number of carbonyl (C=O) groups excluding carboxylic acids is 4. The normalized spacial score (nSPS) is 29.6. The maximum atomic E-state index is 13.6. The summed E-state index contributed by atoms with van der Waals surface area (Å²) in [5.41, 5.74) is -0.642. The Kier molecular flexibility index (Phi) is 4.98. The second kappa shape index (κ2) is 7.60. The van der Waals surface area contributed by atoms with Crippen molar-refractivity contribution in [2.75, 3.05) is 24.6 Å². The summed E-state index contributed by atoms with van der Waals surface area (Å²) >= 11 is 0. The van der Waals surface area contributed by atoms with Crippen LogP contribution in [0.5, 0.6) is 0 Å². The first kappa shape index (κ1) is 21.0. The van der Waals surface area contributed by atoms with Crippen LogP contribution in [-0.4, -0.2) is 64.9 Å². The highest BCUT2D eigenvalue weighted by Gasteiger charge is 2.64. The smallest absolute Gasteiger partial charge is 0.354 e. The van der Waals surface area contributed by atoms with Crippen molar-refractivity contribution in [1.29, 1.82) is 0 Å². The molecular weight excluding hydrogens is 410 g/mol. The molecule has 1 saturated carbocycles. The largest absolute Gasteiger partial charge is 0.452 e. The van der Waals surface area contributed by atoms with E-state index >= 15 is 0 Å². The molecule has 3 aliphatic heterocycles. The Hall–Kier alpha value is -2.90. The molecule has 4 aliphatic rings. The first-order chi connectivity index (χ1) is 15.3. The molecule has 0 N–H and O–H groups in total. The molecule has 8 nitrogen and oxygen atoms in total. The summed E-state index contributed by atoms with van der Waals surface area (Å²) in [5, 5.41) is 0. The van der Waals surface area contributed by atoms with Gasteiger partial charge in [0.05, 0.1) is 11.3 Å². The number of para-hydroxylation sites is 1. The zero-order chi connectivity index (χ0) is 22.6. The van der Waals surface area contributed by atoms with E-state index in [0.717, 1.165) is 19.3 Å². The van der Waals surface area contributed by atoms with Gasteiger partial charge >= 0.3 is 5.97 Å². The molecule has 0 radical (unpaired) electrons. The molecule has 3 unspecified atom stereocenters. The van der Waals surface area contributed by atoms with Crippen LogP contribution in [0.25, 0.3) is 0 Å². The topological polar surface area (TPSA) is 87.2 Å². The zero-order valence-corrected chi connectivity index (χ0v) is 18.6. The number of nitrogens with zero attached hydrogens (tertiary/aromatic N) is 3.